The van der Waals surface area contributed by atoms with Crippen LogP contribution in [0.1, 0.15) is 29.3 Å². The van der Waals surface area contributed by atoms with Crippen molar-refractivity contribution in [1.82, 2.24) is 0 Å². The summed E-state index contributed by atoms with van der Waals surface area (Å²) in [5.41, 5.74) is 8.13. The van der Waals surface area contributed by atoms with E-state index < -0.39 is 5.54 Å². The lowest BCUT2D eigenvalue weighted by Crippen LogP contribution is -2.46. The average molecular weight is 280 g/mol. The van der Waals surface area contributed by atoms with Crippen LogP contribution in [0.3, 0.4) is 0 Å². The Morgan fingerprint density at radius 3 is 2.94 bits per heavy atom. The van der Waals surface area contributed by atoms with E-state index in [1.807, 2.05) is 25.1 Å². The van der Waals surface area contributed by atoms with Crippen molar-refractivity contribution in [2.75, 3.05) is 0 Å². The molecule has 3 heteroatoms. The van der Waals surface area contributed by atoms with Crippen LogP contribution < -0.4 is 5.73 Å². The molecule has 2 rings (SSSR count). The third-order valence-electron chi connectivity index (χ3n) is 2.89. The molecule has 2 nitrogen and oxygen atoms in total. The lowest BCUT2D eigenvalue weighted by molar-refractivity contribution is 0.0907. The summed E-state index contributed by atoms with van der Waals surface area (Å²) < 4.78 is 0.985. The maximum absolute atomic E-state index is 12.2. The minimum absolute atomic E-state index is 0.0398. The molecule has 0 bridgehead atoms. The van der Waals surface area contributed by atoms with Gasteiger partial charge >= 0.3 is 0 Å². The van der Waals surface area contributed by atoms with Crippen LogP contribution in [0.2, 0.25) is 0 Å². The van der Waals surface area contributed by atoms with E-state index in [1.165, 1.54) is 0 Å². The molecule has 0 unspecified atom stereocenters. The Morgan fingerprint density at radius 1 is 1.62 bits per heavy atom. The van der Waals surface area contributed by atoms with Crippen molar-refractivity contribution in [3.05, 3.63) is 46.0 Å². The zero-order valence-corrected chi connectivity index (χ0v) is 10.8. The van der Waals surface area contributed by atoms with Crippen molar-refractivity contribution >= 4 is 21.7 Å². The lowest BCUT2D eigenvalue weighted by atomic mass is 9.89. The Labute approximate surface area is 104 Å². The van der Waals surface area contributed by atoms with E-state index in [4.69, 9.17) is 5.73 Å². The summed E-state index contributed by atoms with van der Waals surface area (Å²) in [5, 5.41) is 0. The lowest BCUT2D eigenvalue weighted by Gasteiger charge is -2.21. The van der Waals surface area contributed by atoms with Gasteiger partial charge in [0.05, 0.1) is 5.54 Å². The number of carbonyl (C=O) groups is 1. The summed E-state index contributed by atoms with van der Waals surface area (Å²) in [7, 11) is 0. The molecular weight excluding hydrogens is 266 g/mol. The van der Waals surface area contributed by atoms with Gasteiger partial charge in [-0.2, -0.15) is 0 Å². The molecule has 1 aliphatic rings. The number of hydrogen-bond donors (Lipinski definition) is 1. The molecule has 0 amide bonds. The van der Waals surface area contributed by atoms with Crippen LogP contribution in [-0.2, 0) is 6.42 Å². The van der Waals surface area contributed by atoms with Gasteiger partial charge < -0.3 is 5.73 Å². The highest BCUT2D eigenvalue weighted by Gasteiger charge is 2.41. The van der Waals surface area contributed by atoms with E-state index in [-0.39, 0.29) is 5.78 Å². The molecule has 1 aliphatic carbocycles. The van der Waals surface area contributed by atoms with Crippen LogP contribution in [0.4, 0.5) is 0 Å². The maximum Gasteiger partial charge on any atom is 0.183 e. The fourth-order valence-electron chi connectivity index (χ4n) is 2.30. The third kappa shape index (κ3) is 1.85. The molecule has 0 aromatic heterocycles. The number of halogens is 1. The van der Waals surface area contributed by atoms with E-state index in [1.54, 1.807) is 0 Å². The van der Waals surface area contributed by atoms with Gasteiger partial charge in [0.1, 0.15) is 0 Å². The number of hydrogen-bond acceptors (Lipinski definition) is 2. The van der Waals surface area contributed by atoms with Crippen molar-refractivity contribution in [3.63, 3.8) is 0 Å². The van der Waals surface area contributed by atoms with Crippen molar-refractivity contribution < 1.29 is 4.79 Å². The smallest absolute Gasteiger partial charge is 0.183 e. The standard InChI is InChI=1S/C13H14BrNO/c1-8(2)6-13(15)7-9-5-10(14)3-4-11(9)12(13)16/h3-5H,1,6-7,15H2,2H3/t13-/m1/s1. The first kappa shape index (κ1) is 11.6. The van der Waals surface area contributed by atoms with E-state index in [9.17, 15) is 4.79 Å². The van der Waals surface area contributed by atoms with Crippen molar-refractivity contribution in [3.8, 4) is 0 Å². The fourth-order valence-corrected chi connectivity index (χ4v) is 2.71. The first-order valence-corrected chi connectivity index (χ1v) is 5.98. The van der Waals surface area contributed by atoms with Gasteiger partial charge in [-0.25, -0.2) is 0 Å². The van der Waals surface area contributed by atoms with Crippen LogP contribution in [0.15, 0.2) is 34.8 Å². The minimum atomic E-state index is -0.783. The van der Waals surface area contributed by atoms with Crippen molar-refractivity contribution in [1.29, 1.82) is 0 Å². The van der Waals surface area contributed by atoms with Crippen LogP contribution in [-0.4, -0.2) is 11.3 Å². The summed E-state index contributed by atoms with van der Waals surface area (Å²) in [6, 6.07) is 5.69. The molecular formula is C13H14BrNO. The van der Waals surface area contributed by atoms with Gasteiger partial charge in [0, 0.05) is 10.0 Å². The van der Waals surface area contributed by atoms with Crippen LogP contribution in [0.5, 0.6) is 0 Å². The second-order valence-electron chi connectivity index (χ2n) is 4.60. The zero-order valence-electron chi connectivity index (χ0n) is 9.22. The highest BCUT2D eigenvalue weighted by atomic mass is 79.9. The number of carbonyl (C=O) groups excluding carboxylic acids is 1. The van der Waals surface area contributed by atoms with Gasteiger partial charge in [0.2, 0.25) is 0 Å². The van der Waals surface area contributed by atoms with Gasteiger partial charge in [-0.3, -0.25) is 4.79 Å². The largest absolute Gasteiger partial charge is 0.318 e. The second kappa shape index (κ2) is 3.82. The number of fused-ring (bicyclic) bond motifs is 1. The third-order valence-corrected chi connectivity index (χ3v) is 3.38. The second-order valence-corrected chi connectivity index (χ2v) is 5.51. The molecule has 0 fully saturated rings. The Kier molecular flexibility index (Phi) is 2.76. The maximum atomic E-state index is 12.2. The molecule has 2 N–H and O–H groups in total. The topological polar surface area (TPSA) is 43.1 Å². The predicted octanol–water partition coefficient (Wildman–Crippen LogP) is 2.85. The van der Waals surface area contributed by atoms with E-state index in [2.05, 4.69) is 22.5 Å². The number of ketones is 1. The SMILES string of the molecule is C=C(C)C[C@@]1(N)Cc2cc(Br)ccc2C1=O. The number of rotatable bonds is 2. The summed E-state index contributed by atoms with van der Waals surface area (Å²) in [6.45, 7) is 5.74. The minimum Gasteiger partial charge on any atom is -0.318 e. The molecule has 1 aromatic carbocycles. The monoisotopic (exact) mass is 279 g/mol. The first-order valence-electron chi connectivity index (χ1n) is 5.19. The molecule has 1 aromatic rings. The normalized spacial score (nSPS) is 23.3. The Bertz CT molecular complexity index is 481. The summed E-state index contributed by atoms with van der Waals surface area (Å²) in [5.74, 6) is 0.0398. The number of nitrogens with two attached hydrogens (primary N) is 1. The van der Waals surface area contributed by atoms with Gasteiger partial charge in [-0.15, -0.1) is 6.58 Å². The van der Waals surface area contributed by atoms with Gasteiger partial charge in [0.25, 0.3) is 0 Å². The Morgan fingerprint density at radius 2 is 2.31 bits per heavy atom. The summed E-state index contributed by atoms with van der Waals surface area (Å²) in [4.78, 5) is 12.2. The molecule has 0 heterocycles. The average Bonchev–Trinajstić information content (AvgIpc) is 2.37. The quantitative estimate of drug-likeness (QED) is 0.846. The highest BCUT2D eigenvalue weighted by Crippen LogP contribution is 2.33. The molecule has 0 spiro atoms. The summed E-state index contributed by atoms with van der Waals surface area (Å²) in [6.07, 6.45) is 1.16. The molecule has 84 valence electrons. The molecule has 16 heavy (non-hydrogen) atoms. The Hall–Kier alpha value is -0.930. The van der Waals surface area contributed by atoms with Gasteiger partial charge in [-0.1, -0.05) is 21.5 Å². The molecule has 0 saturated carbocycles. The van der Waals surface area contributed by atoms with Gasteiger partial charge in [-0.05, 0) is 43.5 Å². The van der Waals surface area contributed by atoms with Crippen LogP contribution in [0, 0.1) is 0 Å². The first-order chi connectivity index (χ1) is 7.42. The highest BCUT2D eigenvalue weighted by molar-refractivity contribution is 9.10. The Balaban J connectivity index is 2.40. The van der Waals surface area contributed by atoms with E-state index in [0.717, 1.165) is 21.2 Å². The number of benzene rings is 1. The molecule has 0 radical (unpaired) electrons. The zero-order chi connectivity index (χ0) is 11.9. The number of Topliss-reactive ketones (excluding diaryl/α,β-unsaturated/α-hetero) is 1. The van der Waals surface area contributed by atoms with Crippen molar-refractivity contribution in [2.45, 2.75) is 25.3 Å². The van der Waals surface area contributed by atoms with Crippen molar-refractivity contribution in [2.24, 2.45) is 5.73 Å². The van der Waals surface area contributed by atoms with E-state index in [0.29, 0.717) is 12.8 Å². The molecule has 0 aliphatic heterocycles. The van der Waals surface area contributed by atoms with Crippen LogP contribution in [0.25, 0.3) is 0 Å². The molecule has 1 atom stereocenters. The predicted molar refractivity (Wildman–Crippen MR) is 68.5 cm³/mol. The fraction of sp³-hybridized carbons (Fsp3) is 0.308. The van der Waals surface area contributed by atoms with Crippen LogP contribution >= 0.6 is 15.9 Å². The van der Waals surface area contributed by atoms with Gasteiger partial charge in [0.15, 0.2) is 5.78 Å². The van der Waals surface area contributed by atoms with E-state index >= 15 is 0 Å². The summed E-state index contributed by atoms with van der Waals surface area (Å²) >= 11 is 3.40. The molecule has 0 saturated heterocycles.